The molecule has 2 aromatic rings. The summed E-state index contributed by atoms with van der Waals surface area (Å²) in [5.41, 5.74) is 0.276. The van der Waals surface area contributed by atoms with Crippen LogP contribution in [0.25, 0.3) is 0 Å². The second-order valence-electron chi connectivity index (χ2n) is 6.28. The number of hydrogen-bond acceptors (Lipinski definition) is 3. The highest BCUT2D eigenvalue weighted by Crippen LogP contribution is 2.32. The van der Waals surface area contributed by atoms with Crippen molar-refractivity contribution in [3.05, 3.63) is 51.6 Å². The van der Waals surface area contributed by atoms with Gasteiger partial charge in [0.25, 0.3) is 0 Å². The average molecular weight is 449 g/mol. The Hall–Kier alpha value is -1.77. The van der Waals surface area contributed by atoms with Crippen molar-refractivity contribution in [3.8, 4) is 0 Å². The zero-order chi connectivity index (χ0) is 20.3. The van der Waals surface area contributed by atoms with Gasteiger partial charge in [-0.3, -0.25) is 0 Å². The lowest BCUT2D eigenvalue weighted by Crippen LogP contribution is -2.30. The number of halogens is 5. The molecule has 0 amide bonds. The second kappa shape index (κ2) is 8.71. The Balaban J connectivity index is 1.74. The number of anilines is 2. The Kier molecular flexibility index (Phi) is 6.52. The fourth-order valence-corrected chi connectivity index (χ4v) is 3.45. The van der Waals surface area contributed by atoms with Gasteiger partial charge in [-0.1, -0.05) is 35.3 Å². The summed E-state index contributed by atoms with van der Waals surface area (Å²) in [6, 6.07) is 7.52. The molecule has 1 aliphatic heterocycles. The lowest BCUT2D eigenvalue weighted by Gasteiger charge is -2.22. The molecule has 0 aliphatic carbocycles. The molecular weight excluding hydrogens is 432 g/mol. The molecule has 0 unspecified atom stereocenters. The molecule has 0 radical (unpaired) electrons. The molecule has 2 N–H and O–H groups in total. The van der Waals surface area contributed by atoms with Crippen LogP contribution in [-0.4, -0.2) is 23.2 Å². The van der Waals surface area contributed by atoms with Gasteiger partial charge in [0, 0.05) is 25.2 Å². The van der Waals surface area contributed by atoms with Crippen LogP contribution in [0.4, 0.5) is 24.7 Å². The van der Waals surface area contributed by atoms with Crippen molar-refractivity contribution >= 4 is 52.0 Å². The lowest BCUT2D eigenvalue weighted by molar-refractivity contribution is -0.141. The Bertz CT molecular complexity index is 870. The van der Waals surface area contributed by atoms with Crippen LogP contribution in [-0.2, 0) is 12.7 Å². The highest BCUT2D eigenvalue weighted by molar-refractivity contribution is 7.80. The van der Waals surface area contributed by atoms with Crippen LogP contribution in [0, 0.1) is 0 Å². The van der Waals surface area contributed by atoms with Crippen molar-refractivity contribution in [3.63, 3.8) is 0 Å². The Labute approximate surface area is 176 Å². The summed E-state index contributed by atoms with van der Waals surface area (Å²) in [5, 5.41) is 6.92. The van der Waals surface area contributed by atoms with Crippen LogP contribution in [0.3, 0.4) is 0 Å². The third kappa shape index (κ3) is 4.98. The van der Waals surface area contributed by atoms with Gasteiger partial charge < -0.3 is 15.5 Å². The van der Waals surface area contributed by atoms with Crippen molar-refractivity contribution in [2.75, 3.05) is 23.3 Å². The Morgan fingerprint density at radius 3 is 2.54 bits per heavy atom. The number of pyridine rings is 1. The molecule has 0 bridgehead atoms. The van der Waals surface area contributed by atoms with Gasteiger partial charge in [-0.2, -0.15) is 13.2 Å². The molecule has 0 saturated carbocycles. The minimum absolute atomic E-state index is 0.223. The van der Waals surface area contributed by atoms with E-state index in [0.717, 1.165) is 18.9 Å². The van der Waals surface area contributed by atoms with Gasteiger partial charge >= 0.3 is 6.18 Å². The topological polar surface area (TPSA) is 40.2 Å². The summed E-state index contributed by atoms with van der Waals surface area (Å²) < 4.78 is 39.2. The maximum Gasteiger partial charge on any atom is 0.433 e. The number of benzene rings is 1. The van der Waals surface area contributed by atoms with Gasteiger partial charge in [-0.05, 0) is 43.3 Å². The molecule has 1 aromatic carbocycles. The molecule has 0 spiro atoms. The first kappa shape index (κ1) is 21.0. The van der Waals surface area contributed by atoms with E-state index in [1.165, 1.54) is 6.07 Å². The van der Waals surface area contributed by atoms with E-state index in [9.17, 15) is 13.2 Å². The lowest BCUT2D eigenvalue weighted by atomic mass is 10.2. The molecule has 10 heteroatoms. The molecule has 1 aromatic heterocycles. The van der Waals surface area contributed by atoms with Crippen molar-refractivity contribution < 1.29 is 13.2 Å². The summed E-state index contributed by atoms with van der Waals surface area (Å²) in [6.07, 6.45) is -2.63. The zero-order valence-corrected chi connectivity index (χ0v) is 16.9. The first-order valence-corrected chi connectivity index (χ1v) is 9.73. The Morgan fingerprint density at radius 2 is 1.86 bits per heavy atom. The SMILES string of the molecule is FC(F)(F)c1ccc(CNC(=S)Nc2cccc(Cl)c2Cl)c(N2CCCC2)n1. The smallest absolute Gasteiger partial charge is 0.358 e. The zero-order valence-electron chi connectivity index (χ0n) is 14.6. The van der Waals surface area contributed by atoms with Gasteiger partial charge in [0.1, 0.15) is 11.5 Å². The summed E-state index contributed by atoms with van der Waals surface area (Å²) in [4.78, 5) is 5.74. The fraction of sp³-hybridized carbons (Fsp3) is 0.333. The van der Waals surface area contributed by atoms with E-state index >= 15 is 0 Å². The van der Waals surface area contributed by atoms with Crippen LogP contribution >= 0.6 is 35.4 Å². The number of hydrogen-bond donors (Lipinski definition) is 2. The number of nitrogens with zero attached hydrogens (tertiary/aromatic N) is 2. The predicted molar refractivity (Wildman–Crippen MR) is 110 cm³/mol. The number of aromatic nitrogens is 1. The molecule has 2 heterocycles. The molecule has 1 aliphatic rings. The number of alkyl halides is 3. The molecule has 1 fully saturated rings. The minimum atomic E-state index is -4.49. The van der Waals surface area contributed by atoms with Gasteiger partial charge in [0.05, 0.1) is 15.7 Å². The Morgan fingerprint density at radius 1 is 1.14 bits per heavy atom. The van der Waals surface area contributed by atoms with Gasteiger partial charge in [-0.15, -0.1) is 0 Å². The number of nitrogens with one attached hydrogen (secondary N) is 2. The predicted octanol–water partition coefficient (Wildman–Crippen LogP) is 5.49. The normalized spacial score (nSPS) is 14.2. The average Bonchev–Trinajstić information content (AvgIpc) is 3.17. The molecule has 4 nitrogen and oxygen atoms in total. The van der Waals surface area contributed by atoms with Gasteiger partial charge in [0.15, 0.2) is 5.11 Å². The van der Waals surface area contributed by atoms with E-state index in [1.807, 2.05) is 4.90 Å². The van der Waals surface area contributed by atoms with Crippen LogP contribution in [0.5, 0.6) is 0 Å². The summed E-state index contributed by atoms with van der Waals surface area (Å²) in [6.45, 7) is 1.59. The number of rotatable bonds is 4. The van der Waals surface area contributed by atoms with Crippen LogP contribution in [0.2, 0.25) is 10.0 Å². The summed E-state index contributed by atoms with van der Waals surface area (Å²) in [5.74, 6) is 0.336. The quantitative estimate of drug-likeness (QED) is 0.604. The van der Waals surface area contributed by atoms with Crippen molar-refractivity contribution in [1.82, 2.24) is 10.3 Å². The van der Waals surface area contributed by atoms with E-state index in [2.05, 4.69) is 15.6 Å². The monoisotopic (exact) mass is 448 g/mol. The van der Waals surface area contributed by atoms with E-state index in [0.29, 0.717) is 40.2 Å². The molecule has 150 valence electrons. The summed E-state index contributed by atoms with van der Waals surface area (Å²) in [7, 11) is 0. The van der Waals surface area contributed by atoms with Crippen molar-refractivity contribution in [2.24, 2.45) is 0 Å². The van der Waals surface area contributed by atoms with Crippen molar-refractivity contribution in [1.29, 1.82) is 0 Å². The van der Waals surface area contributed by atoms with Crippen LogP contribution in [0.1, 0.15) is 24.1 Å². The second-order valence-corrected chi connectivity index (χ2v) is 7.47. The molecule has 1 saturated heterocycles. The summed E-state index contributed by atoms with van der Waals surface area (Å²) >= 11 is 17.4. The molecule has 0 atom stereocenters. The maximum atomic E-state index is 13.1. The number of thiocarbonyl (C=S) groups is 1. The third-order valence-electron chi connectivity index (χ3n) is 4.29. The molecular formula is C18H17Cl2F3N4S. The van der Waals surface area contributed by atoms with Crippen LogP contribution in [0.15, 0.2) is 30.3 Å². The fourth-order valence-electron chi connectivity index (χ4n) is 2.92. The highest BCUT2D eigenvalue weighted by Gasteiger charge is 2.33. The maximum absolute atomic E-state index is 13.1. The van der Waals surface area contributed by atoms with E-state index < -0.39 is 11.9 Å². The minimum Gasteiger partial charge on any atom is -0.358 e. The molecule has 28 heavy (non-hydrogen) atoms. The van der Waals surface area contributed by atoms with E-state index in [4.69, 9.17) is 35.4 Å². The van der Waals surface area contributed by atoms with Crippen LogP contribution < -0.4 is 15.5 Å². The van der Waals surface area contributed by atoms with E-state index in [1.54, 1.807) is 18.2 Å². The van der Waals surface area contributed by atoms with Gasteiger partial charge in [0.2, 0.25) is 0 Å². The largest absolute Gasteiger partial charge is 0.433 e. The molecule has 3 rings (SSSR count). The highest BCUT2D eigenvalue weighted by atomic mass is 35.5. The van der Waals surface area contributed by atoms with Gasteiger partial charge in [-0.25, -0.2) is 4.98 Å². The first-order chi connectivity index (χ1) is 13.3. The van der Waals surface area contributed by atoms with E-state index in [-0.39, 0.29) is 11.7 Å². The van der Waals surface area contributed by atoms with Crippen molar-refractivity contribution in [2.45, 2.75) is 25.6 Å². The first-order valence-electron chi connectivity index (χ1n) is 8.56. The standard InChI is InChI=1S/C18H17Cl2F3N4S/c19-12-4-3-5-13(15(12)20)25-17(28)24-10-11-6-7-14(18(21,22)23)26-16(11)27-8-1-2-9-27/h3-7H,1-2,8-10H2,(H2,24,25,28). The third-order valence-corrected chi connectivity index (χ3v) is 5.36.